The zero-order chi connectivity index (χ0) is 23.6. The predicted octanol–water partition coefficient (Wildman–Crippen LogP) is 6.54. The van der Waals surface area contributed by atoms with Crippen LogP contribution in [0.1, 0.15) is 37.6 Å². The molecule has 4 rings (SSSR count). The molecule has 0 radical (unpaired) electrons. The van der Waals surface area contributed by atoms with Gasteiger partial charge in [0.2, 0.25) is 0 Å². The number of halogens is 1. The zero-order valence-corrected chi connectivity index (χ0v) is 23.0. The molecule has 0 saturated carbocycles. The maximum absolute atomic E-state index is 9.85. The van der Waals surface area contributed by atoms with E-state index in [-0.39, 0.29) is 5.41 Å². The van der Waals surface area contributed by atoms with Gasteiger partial charge in [-0.25, -0.2) is 0 Å². The number of hydrogen-bond acceptors (Lipinski definition) is 2. The summed E-state index contributed by atoms with van der Waals surface area (Å²) in [6.45, 7) is 7.27. The summed E-state index contributed by atoms with van der Waals surface area (Å²) in [6.07, 6.45) is 0. The van der Waals surface area contributed by atoms with Crippen LogP contribution in [0.3, 0.4) is 0 Å². The van der Waals surface area contributed by atoms with E-state index in [0.717, 1.165) is 27.0 Å². The van der Waals surface area contributed by atoms with Gasteiger partial charge in [0.1, 0.15) is 22.2 Å². The standard InChI is InChI=1S/C28H27BrN2OSi/c1-28(2,3)27-22(19-10-6-4-7-11-19)16-24(31-21(17-30)14-15-25(31)29)23(18-32-33)26(27)20-12-8-5-9-13-20/h4-16H,18H2,1-3,33H3. The van der Waals surface area contributed by atoms with Crippen LogP contribution in [0.15, 0.2) is 83.5 Å². The van der Waals surface area contributed by atoms with Gasteiger partial charge >= 0.3 is 0 Å². The van der Waals surface area contributed by atoms with Crippen molar-refractivity contribution in [3.63, 3.8) is 0 Å². The second-order valence-electron chi connectivity index (χ2n) is 9.08. The lowest BCUT2D eigenvalue weighted by Gasteiger charge is -2.31. The highest BCUT2D eigenvalue weighted by Gasteiger charge is 2.29. The lowest BCUT2D eigenvalue weighted by Crippen LogP contribution is -2.18. The molecular formula is C28H27BrN2OSi. The van der Waals surface area contributed by atoms with Gasteiger partial charge < -0.3 is 4.43 Å². The minimum atomic E-state index is -0.124. The molecule has 0 bridgehead atoms. The first kappa shape index (κ1) is 23.3. The average molecular weight is 516 g/mol. The first-order valence-corrected chi connectivity index (χ1v) is 12.6. The number of nitriles is 1. The molecule has 3 nitrogen and oxygen atoms in total. The summed E-state index contributed by atoms with van der Waals surface area (Å²) in [7, 11) is 0.624. The van der Waals surface area contributed by atoms with Crippen molar-refractivity contribution < 1.29 is 4.43 Å². The molecule has 5 heteroatoms. The molecule has 4 aromatic rings. The van der Waals surface area contributed by atoms with Gasteiger partial charge in [-0.05, 0) is 67.4 Å². The number of hydrogen-bond donors (Lipinski definition) is 0. The van der Waals surface area contributed by atoms with Crippen LogP contribution < -0.4 is 0 Å². The van der Waals surface area contributed by atoms with E-state index >= 15 is 0 Å². The molecule has 1 heterocycles. The molecular weight excluding hydrogens is 488 g/mol. The smallest absolute Gasteiger partial charge is 0.146 e. The van der Waals surface area contributed by atoms with E-state index in [4.69, 9.17) is 4.43 Å². The second-order valence-corrected chi connectivity index (χ2v) is 10.5. The number of nitrogens with zero attached hydrogens (tertiary/aromatic N) is 2. The van der Waals surface area contributed by atoms with E-state index in [9.17, 15) is 5.26 Å². The van der Waals surface area contributed by atoms with Gasteiger partial charge in [0.15, 0.2) is 0 Å². The molecule has 0 spiro atoms. The Morgan fingerprint density at radius 3 is 2.09 bits per heavy atom. The van der Waals surface area contributed by atoms with Crippen LogP contribution in [0.2, 0.25) is 0 Å². The predicted molar refractivity (Wildman–Crippen MR) is 142 cm³/mol. The van der Waals surface area contributed by atoms with Crippen molar-refractivity contribution in [1.29, 1.82) is 5.26 Å². The van der Waals surface area contributed by atoms with Gasteiger partial charge in [0, 0.05) is 5.56 Å². The lowest BCUT2D eigenvalue weighted by molar-refractivity contribution is 0.338. The summed E-state index contributed by atoms with van der Waals surface area (Å²) in [6, 6.07) is 29.4. The van der Waals surface area contributed by atoms with Crippen molar-refractivity contribution in [2.24, 2.45) is 0 Å². The Hall–Kier alpha value is -2.91. The average Bonchev–Trinajstić information content (AvgIpc) is 3.19. The Labute approximate surface area is 207 Å². The van der Waals surface area contributed by atoms with Gasteiger partial charge in [-0.1, -0.05) is 81.4 Å². The summed E-state index contributed by atoms with van der Waals surface area (Å²) < 4.78 is 8.71. The normalized spacial score (nSPS) is 11.5. The van der Waals surface area contributed by atoms with Crippen molar-refractivity contribution in [3.8, 4) is 34.0 Å². The molecule has 0 fully saturated rings. The Morgan fingerprint density at radius 2 is 1.55 bits per heavy atom. The van der Waals surface area contributed by atoms with Crippen molar-refractivity contribution in [2.45, 2.75) is 32.8 Å². The third-order valence-corrected chi connectivity index (χ3v) is 6.69. The van der Waals surface area contributed by atoms with Crippen LogP contribution in [0.4, 0.5) is 0 Å². The minimum Gasteiger partial charge on any atom is -0.424 e. The van der Waals surface area contributed by atoms with E-state index in [0.29, 0.717) is 22.8 Å². The van der Waals surface area contributed by atoms with Crippen molar-refractivity contribution in [3.05, 3.63) is 100 Å². The summed E-state index contributed by atoms with van der Waals surface area (Å²) in [4.78, 5) is 0. The fourth-order valence-corrected chi connectivity index (χ4v) is 5.29. The first-order valence-electron chi connectivity index (χ1n) is 10.9. The van der Waals surface area contributed by atoms with E-state index in [1.54, 1.807) is 0 Å². The largest absolute Gasteiger partial charge is 0.424 e. The molecule has 166 valence electrons. The third-order valence-electron chi connectivity index (χ3n) is 5.79. The fourth-order valence-electron chi connectivity index (χ4n) is 4.49. The van der Waals surface area contributed by atoms with Crippen molar-refractivity contribution >= 4 is 26.4 Å². The van der Waals surface area contributed by atoms with Gasteiger partial charge in [0.05, 0.1) is 16.9 Å². The van der Waals surface area contributed by atoms with Crippen LogP contribution >= 0.6 is 15.9 Å². The highest BCUT2D eigenvalue weighted by molar-refractivity contribution is 9.10. The Morgan fingerprint density at radius 1 is 0.939 bits per heavy atom. The molecule has 0 unspecified atom stereocenters. The van der Waals surface area contributed by atoms with Crippen LogP contribution in [-0.2, 0) is 16.4 Å². The molecule has 0 N–H and O–H groups in total. The van der Waals surface area contributed by atoms with Gasteiger partial charge in [-0.3, -0.25) is 4.57 Å². The molecule has 0 atom stereocenters. The van der Waals surface area contributed by atoms with Crippen molar-refractivity contribution in [1.82, 2.24) is 4.57 Å². The van der Waals surface area contributed by atoms with E-state index in [1.807, 2.05) is 28.8 Å². The highest BCUT2D eigenvalue weighted by Crippen LogP contribution is 2.45. The maximum atomic E-state index is 9.85. The van der Waals surface area contributed by atoms with Crippen LogP contribution in [0.25, 0.3) is 27.9 Å². The summed E-state index contributed by atoms with van der Waals surface area (Å²) in [5, 5.41) is 9.85. The molecule has 0 amide bonds. The molecule has 3 aromatic carbocycles. The second kappa shape index (κ2) is 9.52. The number of rotatable bonds is 5. The van der Waals surface area contributed by atoms with Crippen LogP contribution in [0, 0.1) is 11.3 Å². The van der Waals surface area contributed by atoms with Gasteiger partial charge in [0.25, 0.3) is 0 Å². The Balaban J connectivity index is 2.24. The maximum Gasteiger partial charge on any atom is 0.146 e. The monoisotopic (exact) mass is 514 g/mol. The molecule has 0 aliphatic rings. The summed E-state index contributed by atoms with van der Waals surface area (Å²) in [5.74, 6) is 0. The summed E-state index contributed by atoms with van der Waals surface area (Å²) >= 11 is 3.68. The van der Waals surface area contributed by atoms with Gasteiger partial charge in [-0.15, -0.1) is 0 Å². The van der Waals surface area contributed by atoms with Gasteiger partial charge in [-0.2, -0.15) is 5.26 Å². The number of aromatic nitrogens is 1. The quantitative estimate of drug-likeness (QED) is 0.283. The highest BCUT2D eigenvalue weighted by atomic mass is 79.9. The fraction of sp³-hybridized carbons (Fsp3) is 0.179. The Kier molecular flexibility index (Phi) is 6.71. The SMILES string of the molecule is CC(C)(C)c1c(-c2ccccc2)cc(-n2c(Br)ccc2C#N)c(CO[SiH3])c1-c1ccccc1. The molecule has 0 saturated heterocycles. The Bertz CT molecular complexity index is 1320. The zero-order valence-electron chi connectivity index (χ0n) is 19.4. The van der Waals surface area contributed by atoms with E-state index in [2.05, 4.69) is 97.4 Å². The minimum absolute atomic E-state index is 0.124. The van der Waals surface area contributed by atoms with Crippen molar-refractivity contribution in [2.75, 3.05) is 0 Å². The third kappa shape index (κ3) is 4.47. The van der Waals surface area contributed by atoms with E-state index < -0.39 is 0 Å². The molecule has 0 aliphatic carbocycles. The molecule has 33 heavy (non-hydrogen) atoms. The van der Waals surface area contributed by atoms with Crippen LogP contribution in [-0.4, -0.2) is 15.1 Å². The number of benzene rings is 3. The summed E-state index contributed by atoms with van der Waals surface area (Å²) in [5.41, 5.74) is 8.44. The lowest BCUT2D eigenvalue weighted by atomic mass is 9.75. The van der Waals surface area contributed by atoms with Crippen LogP contribution in [0.5, 0.6) is 0 Å². The van der Waals surface area contributed by atoms with E-state index in [1.165, 1.54) is 16.7 Å². The first-order chi connectivity index (χ1) is 15.9. The topological polar surface area (TPSA) is 38.0 Å². The molecule has 1 aromatic heterocycles. The molecule has 0 aliphatic heterocycles.